The van der Waals surface area contributed by atoms with Crippen LogP contribution in [0.25, 0.3) is 0 Å². The van der Waals surface area contributed by atoms with Crippen molar-refractivity contribution in [2.45, 2.75) is 19.3 Å². The zero-order valence-electron chi connectivity index (χ0n) is 10.2. The van der Waals surface area contributed by atoms with E-state index in [4.69, 9.17) is 21.6 Å². The van der Waals surface area contributed by atoms with Gasteiger partial charge in [-0.1, -0.05) is 11.6 Å². The summed E-state index contributed by atoms with van der Waals surface area (Å²) in [6.45, 7) is 2.99. The summed E-state index contributed by atoms with van der Waals surface area (Å²) in [5.74, 6) is -0.805. The minimum atomic E-state index is -1.71. The minimum absolute atomic E-state index is 0.0688. The van der Waals surface area contributed by atoms with Crippen LogP contribution in [0.4, 0.5) is 5.69 Å². The summed E-state index contributed by atoms with van der Waals surface area (Å²) in [7, 11) is 0. The highest BCUT2D eigenvalue weighted by molar-refractivity contribution is 6.31. The first-order chi connectivity index (χ1) is 8.86. The largest absolute Gasteiger partial charge is 0.465 e. The van der Waals surface area contributed by atoms with Gasteiger partial charge in [0.05, 0.1) is 28.3 Å². The molecule has 0 bridgehead atoms. The Bertz CT molecular complexity index is 570. The first-order valence-electron chi connectivity index (χ1n) is 5.25. The Kier molecular flexibility index (Phi) is 4.40. The molecule has 1 atom stereocenters. The predicted molar refractivity (Wildman–Crippen MR) is 65.5 cm³/mol. The molecule has 1 heterocycles. The van der Waals surface area contributed by atoms with Crippen molar-refractivity contribution in [1.82, 2.24) is 4.98 Å². The highest BCUT2D eigenvalue weighted by Crippen LogP contribution is 2.31. The van der Waals surface area contributed by atoms with Gasteiger partial charge >= 0.3 is 5.97 Å². The van der Waals surface area contributed by atoms with Crippen LogP contribution in [0.3, 0.4) is 0 Å². The average molecular weight is 284 g/mol. The van der Waals surface area contributed by atoms with E-state index in [0.717, 1.165) is 12.3 Å². The maximum absolute atomic E-state index is 11.8. The lowest BCUT2D eigenvalue weighted by Crippen LogP contribution is -2.34. The van der Waals surface area contributed by atoms with Crippen LogP contribution in [0, 0.1) is 21.4 Å². The van der Waals surface area contributed by atoms with Crippen molar-refractivity contribution in [3.8, 4) is 6.07 Å². The third kappa shape index (κ3) is 2.80. The number of carbonyl (C=O) groups is 1. The van der Waals surface area contributed by atoms with Gasteiger partial charge in [-0.05, 0) is 13.8 Å². The Morgan fingerprint density at radius 3 is 2.79 bits per heavy atom. The molecule has 0 fully saturated rings. The van der Waals surface area contributed by atoms with Gasteiger partial charge in [-0.2, -0.15) is 5.26 Å². The predicted octanol–water partition coefficient (Wildman–Crippen LogP) is 1.99. The van der Waals surface area contributed by atoms with E-state index in [2.05, 4.69) is 4.98 Å². The number of nitro groups is 1. The van der Waals surface area contributed by atoms with Gasteiger partial charge < -0.3 is 4.74 Å². The van der Waals surface area contributed by atoms with E-state index >= 15 is 0 Å². The summed E-state index contributed by atoms with van der Waals surface area (Å²) >= 11 is 5.86. The lowest BCUT2D eigenvalue weighted by atomic mass is 9.88. The molecule has 0 unspecified atom stereocenters. The molecule has 7 nitrogen and oxygen atoms in total. The van der Waals surface area contributed by atoms with Crippen LogP contribution in [0.15, 0.2) is 12.3 Å². The molecule has 0 N–H and O–H groups in total. The summed E-state index contributed by atoms with van der Waals surface area (Å²) in [5.41, 5.74) is -2.10. The Hall–Kier alpha value is -2.20. The fourth-order valence-corrected chi connectivity index (χ4v) is 1.72. The number of halogens is 1. The fourth-order valence-electron chi connectivity index (χ4n) is 1.37. The number of carbonyl (C=O) groups excluding carboxylic acids is 1. The number of pyridine rings is 1. The molecule has 0 saturated heterocycles. The van der Waals surface area contributed by atoms with Crippen molar-refractivity contribution in [2.75, 3.05) is 6.61 Å². The van der Waals surface area contributed by atoms with Gasteiger partial charge in [-0.3, -0.25) is 15.1 Å². The van der Waals surface area contributed by atoms with E-state index in [-0.39, 0.29) is 23.0 Å². The SMILES string of the molecule is CCOC(=O)[C@@](C)(C#N)c1ncc([N+](=O)[O-])cc1Cl. The number of hydrogen-bond donors (Lipinski definition) is 0. The van der Waals surface area contributed by atoms with E-state index in [0.29, 0.717) is 0 Å². The van der Waals surface area contributed by atoms with Crippen molar-refractivity contribution < 1.29 is 14.5 Å². The van der Waals surface area contributed by atoms with Crippen molar-refractivity contribution in [3.63, 3.8) is 0 Å². The molecule has 0 aliphatic heterocycles. The molecule has 0 spiro atoms. The van der Waals surface area contributed by atoms with Crippen molar-refractivity contribution in [2.24, 2.45) is 0 Å². The molecule has 0 radical (unpaired) electrons. The molecule has 0 amide bonds. The second-order valence-corrected chi connectivity index (χ2v) is 4.15. The maximum atomic E-state index is 11.8. The van der Waals surface area contributed by atoms with Gasteiger partial charge in [-0.25, -0.2) is 4.79 Å². The van der Waals surface area contributed by atoms with Gasteiger partial charge in [0.25, 0.3) is 5.69 Å². The van der Waals surface area contributed by atoms with Crippen molar-refractivity contribution >= 4 is 23.3 Å². The summed E-state index contributed by atoms with van der Waals surface area (Å²) in [4.78, 5) is 25.4. The monoisotopic (exact) mass is 283 g/mol. The Morgan fingerprint density at radius 2 is 2.37 bits per heavy atom. The summed E-state index contributed by atoms with van der Waals surface area (Å²) in [5, 5.41) is 19.6. The number of ether oxygens (including phenoxy) is 1. The van der Waals surface area contributed by atoms with Crippen LogP contribution in [-0.2, 0) is 14.9 Å². The molecular formula is C11H10ClN3O4. The van der Waals surface area contributed by atoms with E-state index < -0.39 is 16.3 Å². The summed E-state index contributed by atoms with van der Waals surface area (Å²) in [6.07, 6.45) is 0.941. The lowest BCUT2D eigenvalue weighted by Gasteiger charge is -2.19. The van der Waals surface area contributed by atoms with Crippen molar-refractivity contribution in [1.29, 1.82) is 5.26 Å². The molecule has 1 rings (SSSR count). The molecular weight excluding hydrogens is 274 g/mol. The Labute approximate surface area is 113 Å². The average Bonchev–Trinajstić information content (AvgIpc) is 2.37. The minimum Gasteiger partial charge on any atom is -0.465 e. The topological polar surface area (TPSA) is 106 Å². The number of nitriles is 1. The Morgan fingerprint density at radius 1 is 1.74 bits per heavy atom. The first kappa shape index (κ1) is 14.9. The van der Waals surface area contributed by atoms with E-state index in [9.17, 15) is 14.9 Å². The number of esters is 1. The molecule has 0 aliphatic carbocycles. The van der Waals surface area contributed by atoms with Crippen LogP contribution in [0.5, 0.6) is 0 Å². The van der Waals surface area contributed by atoms with E-state index in [1.807, 2.05) is 0 Å². The second kappa shape index (κ2) is 5.63. The Balaban J connectivity index is 3.31. The molecule has 0 saturated carbocycles. The number of nitrogens with zero attached hydrogens (tertiary/aromatic N) is 3. The highest BCUT2D eigenvalue weighted by Gasteiger charge is 2.41. The zero-order chi connectivity index (χ0) is 14.6. The van der Waals surface area contributed by atoms with E-state index in [1.54, 1.807) is 13.0 Å². The van der Waals surface area contributed by atoms with Crippen molar-refractivity contribution in [3.05, 3.63) is 33.1 Å². The molecule has 0 aliphatic rings. The summed E-state index contributed by atoms with van der Waals surface area (Å²) in [6, 6.07) is 2.82. The maximum Gasteiger partial charge on any atom is 0.332 e. The molecule has 8 heteroatoms. The standard InChI is InChI=1S/C11H10ClN3O4/c1-3-19-10(16)11(2,6-13)9-8(12)4-7(5-14-9)15(17)18/h4-5H,3H2,1-2H3/t11-/m0/s1. The van der Waals surface area contributed by atoms with Gasteiger partial charge in [0, 0.05) is 6.07 Å². The first-order valence-corrected chi connectivity index (χ1v) is 5.63. The third-order valence-electron chi connectivity index (χ3n) is 2.42. The van der Waals surface area contributed by atoms with Crippen LogP contribution in [0.1, 0.15) is 19.5 Å². The van der Waals surface area contributed by atoms with Gasteiger partial charge in [0.2, 0.25) is 0 Å². The second-order valence-electron chi connectivity index (χ2n) is 3.74. The number of rotatable bonds is 4. The van der Waals surface area contributed by atoms with Crippen LogP contribution < -0.4 is 0 Å². The smallest absolute Gasteiger partial charge is 0.332 e. The fraction of sp³-hybridized carbons (Fsp3) is 0.364. The van der Waals surface area contributed by atoms with Crippen LogP contribution >= 0.6 is 11.6 Å². The van der Waals surface area contributed by atoms with Gasteiger partial charge in [0.1, 0.15) is 6.20 Å². The third-order valence-corrected chi connectivity index (χ3v) is 2.71. The van der Waals surface area contributed by atoms with E-state index in [1.165, 1.54) is 6.92 Å². The number of aromatic nitrogens is 1. The number of hydrogen-bond acceptors (Lipinski definition) is 6. The normalized spacial score (nSPS) is 13.2. The van der Waals surface area contributed by atoms with Crippen LogP contribution in [-0.4, -0.2) is 22.5 Å². The highest BCUT2D eigenvalue weighted by atomic mass is 35.5. The summed E-state index contributed by atoms with van der Waals surface area (Å²) < 4.78 is 4.79. The molecule has 1 aromatic heterocycles. The van der Waals surface area contributed by atoms with Gasteiger partial charge in [0.15, 0.2) is 5.41 Å². The zero-order valence-corrected chi connectivity index (χ0v) is 11.0. The molecule has 1 aromatic rings. The molecule has 0 aromatic carbocycles. The van der Waals surface area contributed by atoms with Gasteiger partial charge in [-0.15, -0.1) is 0 Å². The quantitative estimate of drug-likeness (QED) is 0.475. The lowest BCUT2D eigenvalue weighted by molar-refractivity contribution is -0.385. The molecule has 100 valence electrons. The molecule has 19 heavy (non-hydrogen) atoms. The van der Waals surface area contributed by atoms with Crippen LogP contribution in [0.2, 0.25) is 5.02 Å².